The monoisotopic (exact) mass is 199 g/mol. The number of carboxylic acids is 1. The van der Waals surface area contributed by atoms with Gasteiger partial charge in [0.25, 0.3) is 0 Å². The summed E-state index contributed by atoms with van der Waals surface area (Å²) in [5.41, 5.74) is -1.08. The molecule has 0 aliphatic heterocycles. The number of aliphatic carboxylic acids is 1. The molecular formula is C10H17NO3. The number of carboxylic acid groups (broad SMARTS) is 1. The maximum atomic E-state index is 11.4. The lowest BCUT2D eigenvalue weighted by atomic mass is 10.1. The Morgan fingerprint density at radius 1 is 1.36 bits per heavy atom. The fourth-order valence-corrected chi connectivity index (χ4v) is 1.41. The predicted octanol–water partition coefficient (Wildman–Crippen LogP) is 1.16. The molecule has 0 saturated heterocycles. The molecule has 1 fully saturated rings. The molecule has 0 atom stereocenters. The lowest BCUT2D eigenvalue weighted by Crippen LogP contribution is -2.37. The smallest absolute Gasteiger partial charge is 0.319 e. The molecule has 1 aliphatic carbocycles. The third-order valence-electron chi connectivity index (χ3n) is 2.66. The molecule has 80 valence electrons. The van der Waals surface area contributed by atoms with Crippen molar-refractivity contribution in [2.24, 2.45) is 5.41 Å². The van der Waals surface area contributed by atoms with Gasteiger partial charge in [0, 0.05) is 6.54 Å². The number of unbranched alkanes of at least 4 members (excludes halogenated alkanes) is 2. The zero-order valence-corrected chi connectivity index (χ0v) is 8.51. The molecule has 4 nitrogen and oxygen atoms in total. The van der Waals surface area contributed by atoms with Crippen LogP contribution in [-0.4, -0.2) is 23.5 Å². The van der Waals surface area contributed by atoms with E-state index in [1.165, 1.54) is 0 Å². The molecular weight excluding hydrogens is 182 g/mol. The molecule has 14 heavy (non-hydrogen) atoms. The summed E-state index contributed by atoms with van der Waals surface area (Å²) < 4.78 is 0. The van der Waals surface area contributed by atoms with Gasteiger partial charge in [0.05, 0.1) is 0 Å². The quantitative estimate of drug-likeness (QED) is 0.498. The highest BCUT2D eigenvalue weighted by molar-refractivity contribution is 6.04. The van der Waals surface area contributed by atoms with Gasteiger partial charge in [-0.05, 0) is 19.3 Å². The van der Waals surface area contributed by atoms with Gasteiger partial charge < -0.3 is 10.4 Å². The molecule has 0 radical (unpaired) electrons. The number of carbonyl (C=O) groups is 2. The standard InChI is InChI=1S/C10H17NO3/c1-2-3-4-7-11-8(12)10(5-6-10)9(13)14/h2-7H2,1H3,(H,11,12)(H,13,14). The molecule has 0 aromatic carbocycles. The highest BCUT2D eigenvalue weighted by Gasteiger charge is 2.56. The molecule has 4 heteroatoms. The second-order valence-electron chi connectivity index (χ2n) is 3.85. The van der Waals surface area contributed by atoms with Gasteiger partial charge in [-0.1, -0.05) is 19.8 Å². The first-order valence-corrected chi connectivity index (χ1v) is 5.15. The van der Waals surface area contributed by atoms with Gasteiger partial charge in [-0.3, -0.25) is 9.59 Å². The minimum Gasteiger partial charge on any atom is -0.480 e. The van der Waals surface area contributed by atoms with E-state index < -0.39 is 11.4 Å². The molecule has 0 bridgehead atoms. The number of rotatable bonds is 6. The van der Waals surface area contributed by atoms with Crippen LogP contribution in [0.25, 0.3) is 0 Å². The second kappa shape index (κ2) is 4.44. The van der Waals surface area contributed by atoms with Gasteiger partial charge in [0.1, 0.15) is 5.41 Å². The molecule has 1 rings (SSSR count). The van der Waals surface area contributed by atoms with Gasteiger partial charge in [-0.25, -0.2) is 0 Å². The number of hydrogen-bond donors (Lipinski definition) is 2. The average molecular weight is 199 g/mol. The van der Waals surface area contributed by atoms with Crippen molar-refractivity contribution >= 4 is 11.9 Å². The van der Waals surface area contributed by atoms with Crippen LogP contribution < -0.4 is 5.32 Å². The van der Waals surface area contributed by atoms with Crippen LogP contribution in [0, 0.1) is 5.41 Å². The number of hydrogen-bond acceptors (Lipinski definition) is 2. The molecule has 1 amide bonds. The zero-order valence-electron chi connectivity index (χ0n) is 8.51. The van der Waals surface area contributed by atoms with Crippen molar-refractivity contribution in [2.75, 3.05) is 6.54 Å². The van der Waals surface area contributed by atoms with Crippen LogP contribution >= 0.6 is 0 Å². The fraction of sp³-hybridized carbons (Fsp3) is 0.800. The highest BCUT2D eigenvalue weighted by Crippen LogP contribution is 2.45. The third kappa shape index (κ3) is 2.25. The maximum Gasteiger partial charge on any atom is 0.319 e. The molecule has 0 aromatic heterocycles. The van der Waals surface area contributed by atoms with Crippen molar-refractivity contribution in [2.45, 2.75) is 39.0 Å². The summed E-state index contributed by atoms with van der Waals surface area (Å²) in [6.45, 7) is 2.68. The van der Waals surface area contributed by atoms with E-state index in [1.807, 2.05) is 0 Å². The normalized spacial score (nSPS) is 17.5. The molecule has 0 unspecified atom stereocenters. The first kappa shape index (κ1) is 11.0. The third-order valence-corrected chi connectivity index (χ3v) is 2.66. The Morgan fingerprint density at radius 3 is 2.43 bits per heavy atom. The van der Waals surface area contributed by atoms with Gasteiger partial charge in [-0.15, -0.1) is 0 Å². The summed E-state index contributed by atoms with van der Waals surface area (Å²) in [6.07, 6.45) is 4.07. The predicted molar refractivity (Wildman–Crippen MR) is 51.8 cm³/mol. The first-order valence-electron chi connectivity index (χ1n) is 5.15. The van der Waals surface area contributed by atoms with Crippen molar-refractivity contribution in [1.29, 1.82) is 0 Å². The Labute approximate surface area is 83.7 Å². The van der Waals surface area contributed by atoms with Crippen LogP contribution in [0.5, 0.6) is 0 Å². The zero-order chi connectivity index (χ0) is 10.6. The van der Waals surface area contributed by atoms with Gasteiger partial charge in [-0.2, -0.15) is 0 Å². The summed E-state index contributed by atoms with van der Waals surface area (Å²) in [7, 11) is 0. The van der Waals surface area contributed by atoms with Crippen LogP contribution in [0.15, 0.2) is 0 Å². The van der Waals surface area contributed by atoms with Crippen molar-refractivity contribution in [1.82, 2.24) is 5.32 Å². The first-order chi connectivity index (χ1) is 6.63. The van der Waals surface area contributed by atoms with E-state index >= 15 is 0 Å². The van der Waals surface area contributed by atoms with Crippen LogP contribution in [0.1, 0.15) is 39.0 Å². The summed E-state index contributed by atoms with van der Waals surface area (Å²) in [6, 6.07) is 0. The lowest BCUT2D eigenvalue weighted by molar-refractivity contribution is -0.149. The van der Waals surface area contributed by atoms with Crippen LogP contribution in [-0.2, 0) is 9.59 Å². The summed E-state index contributed by atoms with van der Waals surface area (Å²) in [5.74, 6) is -1.29. The summed E-state index contributed by atoms with van der Waals surface area (Å²) in [5, 5.41) is 11.5. The largest absolute Gasteiger partial charge is 0.480 e. The van der Waals surface area contributed by atoms with Crippen LogP contribution in [0.4, 0.5) is 0 Å². The maximum absolute atomic E-state index is 11.4. The lowest BCUT2D eigenvalue weighted by Gasteiger charge is -2.09. The molecule has 0 aromatic rings. The topological polar surface area (TPSA) is 66.4 Å². The number of amides is 1. The molecule has 1 saturated carbocycles. The van der Waals surface area contributed by atoms with Crippen LogP contribution in [0.2, 0.25) is 0 Å². The minimum atomic E-state index is -1.08. The highest BCUT2D eigenvalue weighted by atomic mass is 16.4. The van der Waals surface area contributed by atoms with E-state index in [2.05, 4.69) is 12.2 Å². The Hall–Kier alpha value is -1.06. The van der Waals surface area contributed by atoms with E-state index in [-0.39, 0.29) is 5.91 Å². The van der Waals surface area contributed by atoms with E-state index in [4.69, 9.17) is 5.11 Å². The van der Waals surface area contributed by atoms with Crippen molar-refractivity contribution in [3.05, 3.63) is 0 Å². The SMILES string of the molecule is CCCCCNC(=O)C1(C(=O)O)CC1. The molecule has 0 heterocycles. The van der Waals surface area contributed by atoms with Gasteiger partial charge in [0.15, 0.2) is 0 Å². The van der Waals surface area contributed by atoms with Gasteiger partial charge in [0.2, 0.25) is 5.91 Å². The van der Waals surface area contributed by atoms with Crippen molar-refractivity contribution < 1.29 is 14.7 Å². The second-order valence-corrected chi connectivity index (χ2v) is 3.85. The average Bonchev–Trinajstić information content (AvgIpc) is 2.92. The Bertz CT molecular complexity index is 234. The van der Waals surface area contributed by atoms with Crippen molar-refractivity contribution in [3.8, 4) is 0 Å². The number of nitrogens with one attached hydrogen (secondary N) is 1. The number of carbonyl (C=O) groups excluding carboxylic acids is 1. The summed E-state index contributed by atoms with van der Waals surface area (Å²) in [4.78, 5) is 22.2. The fourth-order valence-electron chi connectivity index (χ4n) is 1.41. The van der Waals surface area contributed by atoms with E-state index in [0.29, 0.717) is 19.4 Å². The molecule has 2 N–H and O–H groups in total. The van der Waals surface area contributed by atoms with E-state index in [9.17, 15) is 9.59 Å². The molecule has 0 spiro atoms. The Kier molecular flexibility index (Phi) is 3.49. The summed E-state index contributed by atoms with van der Waals surface area (Å²) >= 11 is 0. The van der Waals surface area contributed by atoms with Crippen molar-refractivity contribution in [3.63, 3.8) is 0 Å². The van der Waals surface area contributed by atoms with E-state index in [1.54, 1.807) is 0 Å². The molecule has 1 aliphatic rings. The van der Waals surface area contributed by atoms with E-state index in [0.717, 1.165) is 19.3 Å². The Balaban J connectivity index is 2.25. The van der Waals surface area contributed by atoms with Crippen LogP contribution in [0.3, 0.4) is 0 Å². The van der Waals surface area contributed by atoms with Gasteiger partial charge >= 0.3 is 5.97 Å². The minimum absolute atomic E-state index is 0.305. The Morgan fingerprint density at radius 2 is 2.00 bits per heavy atom.